The number of furan rings is 2. The Labute approximate surface area is 297 Å². The number of para-hydroxylation sites is 1. The van der Waals surface area contributed by atoms with Crippen molar-refractivity contribution in [2.24, 2.45) is 0 Å². The van der Waals surface area contributed by atoms with Crippen LogP contribution < -0.4 is 0 Å². The maximum atomic E-state index is 6.46. The van der Waals surface area contributed by atoms with Crippen LogP contribution in [0.15, 0.2) is 173 Å². The Bertz CT molecular complexity index is 3180. The molecule has 5 heteroatoms. The van der Waals surface area contributed by atoms with Crippen LogP contribution in [0.5, 0.6) is 0 Å². The maximum Gasteiger partial charge on any atom is 0.164 e. The van der Waals surface area contributed by atoms with Crippen LogP contribution in [-0.2, 0) is 0 Å². The fourth-order valence-electron chi connectivity index (χ4n) is 7.58. The van der Waals surface area contributed by atoms with E-state index >= 15 is 0 Å². The minimum atomic E-state index is 0.598. The van der Waals surface area contributed by atoms with Gasteiger partial charge in [-0.3, -0.25) is 0 Å². The first kappa shape index (κ1) is 28.7. The van der Waals surface area contributed by atoms with Crippen molar-refractivity contribution >= 4 is 65.4 Å². The molecule has 11 aromatic rings. The third-order valence-corrected chi connectivity index (χ3v) is 10.1. The van der Waals surface area contributed by atoms with Crippen molar-refractivity contribution in [1.82, 2.24) is 15.0 Å². The van der Waals surface area contributed by atoms with Crippen LogP contribution in [-0.4, -0.2) is 15.0 Å². The smallest absolute Gasteiger partial charge is 0.164 e. The molecule has 0 fully saturated rings. The van der Waals surface area contributed by atoms with Gasteiger partial charge >= 0.3 is 0 Å². The molecule has 0 amide bonds. The molecule has 3 aromatic heterocycles. The quantitative estimate of drug-likeness (QED) is 0.175. The van der Waals surface area contributed by atoms with Gasteiger partial charge in [-0.05, 0) is 75.1 Å². The zero-order valence-corrected chi connectivity index (χ0v) is 27.7. The van der Waals surface area contributed by atoms with Crippen molar-refractivity contribution in [3.63, 3.8) is 0 Å². The molecule has 11 rings (SSSR count). The summed E-state index contributed by atoms with van der Waals surface area (Å²) in [5.74, 6) is 1.82. The van der Waals surface area contributed by atoms with E-state index in [0.29, 0.717) is 17.5 Å². The minimum absolute atomic E-state index is 0.598. The molecule has 5 nitrogen and oxygen atoms in total. The van der Waals surface area contributed by atoms with Gasteiger partial charge < -0.3 is 8.83 Å². The molecule has 0 aliphatic heterocycles. The molecular formula is C47H27N3O2. The van der Waals surface area contributed by atoms with Crippen molar-refractivity contribution in [3.8, 4) is 45.3 Å². The molecule has 0 radical (unpaired) electrons. The van der Waals surface area contributed by atoms with Gasteiger partial charge in [0.25, 0.3) is 0 Å². The first-order chi connectivity index (χ1) is 25.7. The molecule has 0 aliphatic carbocycles. The van der Waals surface area contributed by atoms with Crippen LogP contribution in [0.1, 0.15) is 0 Å². The molecule has 3 heterocycles. The Morgan fingerprint density at radius 2 is 0.942 bits per heavy atom. The van der Waals surface area contributed by atoms with Crippen LogP contribution >= 0.6 is 0 Å². The summed E-state index contributed by atoms with van der Waals surface area (Å²) in [6, 6.07) is 56.4. The lowest BCUT2D eigenvalue weighted by Gasteiger charge is -2.11. The molecule has 0 unspecified atom stereocenters. The van der Waals surface area contributed by atoms with Crippen molar-refractivity contribution in [2.45, 2.75) is 0 Å². The summed E-state index contributed by atoms with van der Waals surface area (Å²) in [4.78, 5) is 15.3. The van der Waals surface area contributed by atoms with Crippen LogP contribution in [0.3, 0.4) is 0 Å². The van der Waals surface area contributed by atoms with E-state index in [9.17, 15) is 0 Å². The lowest BCUT2D eigenvalue weighted by Crippen LogP contribution is -2.00. The van der Waals surface area contributed by atoms with Gasteiger partial charge in [0.15, 0.2) is 17.5 Å². The van der Waals surface area contributed by atoms with E-state index in [0.717, 1.165) is 87.7 Å². The predicted octanol–water partition coefficient (Wildman–Crippen LogP) is 12.6. The third-order valence-electron chi connectivity index (χ3n) is 10.1. The molecule has 242 valence electrons. The average Bonchev–Trinajstić information content (AvgIpc) is 3.78. The molecule has 8 aromatic carbocycles. The van der Waals surface area contributed by atoms with Gasteiger partial charge in [0, 0.05) is 38.2 Å². The second-order valence-corrected chi connectivity index (χ2v) is 13.2. The number of aromatic nitrogens is 3. The Kier molecular flexibility index (Phi) is 6.18. The summed E-state index contributed by atoms with van der Waals surface area (Å²) in [5, 5.41) is 8.73. The maximum absolute atomic E-state index is 6.46. The number of fused-ring (bicyclic) bond motifs is 9. The van der Waals surface area contributed by atoms with Gasteiger partial charge in [-0.1, -0.05) is 121 Å². The highest BCUT2D eigenvalue weighted by molar-refractivity contribution is 6.17. The van der Waals surface area contributed by atoms with E-state index < -0.39 is 0 Å². The fraction of sp³-hybridized carbons (Fsp3) is 0. The summed E-state index contributed by atoms with van der Waals surface area (Å²) in [5.41, 5.74) is 8.42. The molecule has 0 saturated carbocycles. The summed E-state index contributed by atoms with van der Waals surface area (Å²) in [6.07, 6.45) is 0. The molecule has 0 N–H and O–H groups in total. The van der Waals surface area contributed by atoms with Gasteiger partial charge in [0.05, 0.1) is 0 Å². The predicted molar refractivity (Wildman–Crippen MR) is 211 cm³/mol. The van der Waals surface area contributed by atoms with Crippen LogP contribution in [0.2, 0.25) is 0 Å². The highest BCUT2D eigenvalue weighted by Gasteiger charge is 2.18. The monoisotopic (exact) mass is 665 g/mol. The van der Waals surface area contributed by atoms with E-state index in [2.05, 4.69) is 97.1 Å². The number of hydrogen-bond acceptors (Lipinski definition) is 5. The standard InChI is InChI=1S/C47H27N3O2/c1-3-10-28(11-4-1)31-22-23-34-39-27-38-32(26-43(39)52-42(34)25-31)20-18-29-19-21-33(24-37(29)38)46-48-45(30-12-5-2-6-13-30)49-47(50-46)36-15-9-17-41-44(36)35-14-7-8-16-40(35)51-41/h1-27H. The van der Waals surface area contributed by atoms with Gasteiger partial charge in [0.2, 0.25) is 0 Å². The Hall–Kier alpha value is -7.11. The van der Waals surface area contributed by atoms with Crippen molar-refractivity contribution in [1.29, 1.82) is 0 Å². The normalized spacial score (nSPS) is 11.8. The van der Waals surface area contributed by atoms with E-state index in [-0.39, 0.29) is 0 Å². The van der Waals surface area contributed by atoms with E-state index in [1.54, 1.807) is 0 Å². The second-order valence-electron chi connectivity index (χ2n) is 13.2. The van der Waals surface area contributed by atoms with Gasteiger partial charge in [-0.15, -0.1) is 0 Å². The molecule has 0 spiro atoms. The number of nitrogens with zero attached hydrogens (tertiary/aromatic N) is 3. The topological polar surface area (TPSA) is 65.0 Å². The van der Waals surface area contributed by atoms with Crippen molar-refractivity contribution < 1.29 is 8.83 Å². The molecule has 0 aliphatic rings. The zero-order chi connectivity index (χ0) is 34.2. The minimum Gasteiger partial charge on any atom is -0.456 e. The van der Waals surface area contributed by atoms with E-state index in [4.69, 9.17) is 23.8 Å². The first-order valence-electron chi connectivity index (χ1n) is 17.3. The van der Waals surface area contributed by atoms with Crippen LogP contribution in [0.4, 0.5) is 0 Å². The molecule has 0 atom stereocenters. The first-order valence-corrected chi connectivity index (χ1v) is 17.3. The van der Waals surface area contributed by atoms with Crippen molar-refractivity contribution in [2.75, 3.05) is 0 Å². The van der Waals surface area contributed by atoms with Crippen molar-refractivity contribution in [3.05, 3.63) is 164 Å². The lowest BCUT2D eigenvalue weighted by atomic mass is 9.97. The fourth-order valence-corrected chi connectivity index (χ4v) is 7.58. The lowest BCUT2D eigenvalue weighted by molar-refractivity contribution is 0.669. The largest absolute Gasteiger partial charge is 0.456 e. The summed E-state index contributed by atoms with van der Waals surface area (Å²) in [6.45, 7) is 0. The number of rotatable bonds is 4. The highest BCUT2D eigenvalue weighted by Crippen LogP contribution is 2.39. The zero-order valence-electron chi connectivity index (χ0n) is 27.7. The molecular weight excluding hydrogens is 639 g/mol. The summed E-state index contributed by atoms with van der Waals surface area (Å²) >= 11 is 0. The third kappa shape index (κ3) is 4.53. The van der Waals surface area contributed by atoms with E-state index in [1.165, 1.54) is 5.56 Å². The SMILES string of the molecule is c1ccc(-c2ccc3c(c2)oc2cc4ccc5ccc(-c6nc(-c7ccccc7)nc(-c7cccc8oc9ccccc9c78)n6)cc5c4cc23)cc1. The summed E-state index contributed by atoms with van der Waals surface area (Å²) < 4.78 is 12.7. The Balaban J connectivity index is 1.11. The second kappa shape index (κ2) is 11.2. The van der Waals surface area contributed by atoms with Gasteiger partial charge in [0.1, 0.15) is 22.3 Å². The van der Waals surface area contributed by atoms with Gasteiger partial charge in [-0.2, -0.15) is 0 Å². The molecule has 52 heavy (non-hydrogen) atoms. The summed E-state index contributed by atoms with van der Waals surface area (Å²) in [7, 11) is 0. The highest BCUT2D eigenvalue weighted by atomic mass is 16.3. The number of benzene rings is 8. The number of hydrogen-bond donors (Lipinski definition) is 0. The molecule has 0 saturated heterocycles. The van der Waals surface area contributed by atoms with E-state index in [1.807, 2.05) is 66.7 Å². The van der Waals surface area contributed by atoms with Gasteiger partial charge in [-0.25, -0.2) is 15.0 Å². The average molecular weight is 666 g/mol. The van der Waals surface area contributed by atoms with Crippen LogP contribution in [0, 0.1) is 0 Å². The van der Waals surface area contributed by atoms with Crippen LogP contribution in [0.25, 0.3) is 111 Å². The Morgan fingerprint density at radius 3 is 1.81 bits per heavy atom. The Morgan fingerprint density at radius 1 is 0.308 bits per heavy atom. The molecule has 0 bridgehead atoms.